The summed E-state index contributed by atoms with van der Waals surface area (Å²) in [4.78, 5) is 23.3. The van der Waals surface area contributed by atoms with E-state index in [-0.39, 0.29) is 19.2 Å². The molecule has 1 fully saturated rings. The fourth-order valence-electron chi connectivity index (χ4n) is 1.92. The fraction of sp³-hybridized carbons (Fsp3) is 0.333. The van der Waals surface area contributed by atoms with Crippen molar-refractivity contribution in [3.63, 3.8) is 0 Å². The molecule has 5 nitrogen and oxygen atoms in total. The number of carbonyl (C=O) groups is 2. The van der Waals surface area contributed by atoms with Gasteiger partial charge in [-0.15, -0.1) is 0 Å². The third-order valence-electron chi connectivity index (χ3n) is 2.71. The van der Waals surface area contributed by atoms with Crippen molar-refractivity contribution in [2.75, 3.05) is 13.2 Å². The van der Waals surface area contributed by atoms with Crippen LogP contribution in [0.15, 0.2) is 24.3 Å². The Hall–Kier alpha value is -2.04. The van der Waals surface area contributed by atoms with Crippen molar-refractivity contribution >= 4 is 12.1 Å². The number of benzene rings is 1. The maximum Gasteiger partial charge on any atom is 0.411 e. The number of ether oxygens (including phenoxy) is 1. The predicted molar refractivity (Wildman–Crippen MR) is 59.6 cm³/mol. The van der Waals surface area contributed by atoms with Gasteiger partial charge >= 0.3 is 12.1 Å². The number of nitrogens with zero attached hydrogens (tertiary/aromatic N) is 1. The summed E-state index contributed by atoms with van der Waals surface area (Å²) in [6, 6.07) is 7.32. The molecule has 1 aromatic rings. The summed E-state index contributed by atoms with van der Waals surface area (Å²) in [7, 11) is 0. The van der Waals surface area contributed by atoms with Gasteiger partial charge in [-0.1, -0.05) is 29.8 Å². The van der Waals surface area contributed by atoms with Crippen molar-refractivity contribution in [1.29, 1.82) is 0 Å². The molecule has 1 amide bonds. The van der Waals surface area contributed by atoms with E-state index in [0.717, 1.165) is 11.1 Å². The maximum absolute atomic E-state index is 11.4. The van der Waals surface area contributed by atoms with Crippen molar-refractivity contribution < 1.29 is 19.4 Å². The molecule has 1 saturated heterocycles. The molecule has 0 saturated carbocycles. The zero-order valence-corrected chi connectivity index (χ0v) is 9.42. The molecule has 90 valence electrons. The monoisotopic (exact) mass is 235 g/mol. The normalized spacial score (nSPS) is 19.2. The number of hydrogen-bond donors (Lipinski definition) is 1. The van der Waals surface area contributed by atoms with Gasteiger partial charge in [0.05, 0.1) is 6.04 Å². The molecule has 1 N–H and O–H groups in total. The Kier molecular flexibility index (Phi) is 2.99. The second-order valence-electron chi connectivity index (χ2n) is 4.03. The molecule has 1 aliphatic rings. The number of aryl methyl sites for hydroxylation is 1. The van der Waals surface area contributed by atoms with Crippen LogP contribution < -0.4 is 0 Å². The van der Waals surface area contributed by atoms with E-state index in [1.54, 1.807) is 0 Å². The first-order valence-electron chi connectivity index (χ1n) is 5.29. The zero-order chi connectivity index (χ0) is 12.4. The van der Waals surface area contributed by atoms with Gasteiger partial charge in [0, 0.05) is 0 Å². The van der Waals surface area contributed by atoms with Gasteiger partial charge in [-0.2, -0.15) is 0 Å². The Bertz CT molecular complexity index is 458. The van der Waals surface area contributed by atoms with Crippen LogP contribution in [0.3, 0.4) is 0 Å². The van der Waals surface area contributed by atoms with E-state index in [1.165, 1.54) is 4.90 Å². The van der Waals surface area contributed by atoms with Crippen molar-refractivity contribution in [2.24, 2.45) is 0 Å². The van der Waals surface area contributed by atoms with Crippen molar-refractivity contribution in [1.82, 2.24) is 4.90 Å². The van der Waals surface area contributed by atoms with E-state index in [9.17, 15) is 9.59 Å². The van der Waals surface area contributed by atoms with Crippen molar-refractivity contribution in [3.05, 3.63) is 35.4 Å². The minimum atomic E-state index is -1.04. The molecule has 1 unspecified atom stereocenters. The van der Waals surface area contributed by atoms with Gasteiger partial charge in [0.25, 0.3) is 0 Å². The number of cyclic esters (lactones) is 1. The summed E-state index contributed by atoms with van der Waals surface area (Å²) < 4.78 is 4.90. The van der Waals surface area contributed by atoms with Gasteiger partial charge in [-0.25, -0.2) is 4.79 Å². The topological polar surface area (TPSA) is 66.8 Å². The quantitative estimate of drug-likeness (QED) is 0.863. The maximum atomic E-state index is 11.4. The van der Waals surface area contributed by atoms with E-state index in [4.69, 9.17) is 9.84 Å². The average molecular weight is 235 g/mol. The van der Waals surface area contributed by atoms with E-state index in [1.807, 2.05) is 31.2 Å². The largest absolute Gasteiger partial charge is 0.480 e. The van der Waals surface area contributed by atoms with Crippen LogP contribution >= 0.6 is 0 Å². The highest BCUT2D eigenvalue weighted by atomic mass is 16.6. The van der Waals surface area contributed by atoms with Crippen LogP contribution in [-0.2, 0) is 9.53 Å². The van der Waals surface area contributed by atoms with E-state index < -0.39 is 12.1 Å². The summed E-state index contributed by atoms with van der Waals surface area (Å²) in [5.41, 5.74) is 1.97. The lowest BCUT2D eigenvalue weighted by Gasteiger charge is -2.19. The van der Waals surface area contributed by atoms with Crippen LogP contribution in [0, 0.1) is 6.92 Å². The van der Waals surface area contributed by atoms with Crippen LogP contribution in [0.2, 0.25) is 0 Å². The first kappa shape index (κ1) is 11.4. The molecule has 0 bridgehead atoms. The molecule has 1 aliphatic heterocycles. The first-order chi connectivity index (χ1) is 8.08. The standard InChI is InChI=1S/C12H13NO4/c1-8-3-2-4-9(5-8)10-7-17-12(16)13(10)6-11(14)15/h2-5,10H,6-7H2,1H3,(H,14,15). The van der Waals surface area contributed by atoms with Gasteiger partial charge < -0.3 is 9.84 Å². The number of hydrogen-bond acceptors (Lipinski definition) is 3. The highest BCUT2D eigenvalue weighted by molar-refractivity contribution is 5.78. The molecule has 1 aromatic carbocycles. The van der Waals surface area contributed by atoms with E-state index >= 15 is 0 Å². The molecule has 17 heavy (non-hydrogen) atoms. The van der Waals surface area contributed by atoms with Gasteiger partial charge in [0.15, 0.2) is 0 Å². The summed E-state index contributed by atoms with van der Waals surface area (Å²) in [6.45, 7) is 1.82. The Labute approximate surface area is 98.6 Å². The lowest BCUT2D eigenvalue weighted by molar-refractivity contribution is -0.137. The number of aliphatic carboxylic acids is 1. The SMILES string of the molecule is Cc1cccc(C2COC(=O)N2CC(=O)O)c1. The predicted octanol–water partition coefficient (Wildman–Crippen LogP) is 1.57. The molecule has 0 spiro atoms. The highest BCUT2D eigenvalue weighted by Crippen LogP contribution is 2.27. The number of carboxylic acid groups (broad SMARTS) is 1. The molecule has 0 aromatic heterocycles. The smallest absolute Gasteiger partial charge is 0.411 e. The third-order valence-corrected chi connectivity index (χ3v) is 2.71. The van der Waals surface area contributed by atoms with E-state index in [0.29, 0.717) is 0 Å². The van der Waals surface area contributed by atoms with Crippen LogP contribution in [0.4, 0.5) is 4.79 Å². The lowest BCUT2D eigenvalue weighted by Crippen LogP contribution is -2.32. The van der Waals surface area contributed by atoms with E-state index in [2.05, 4.69) is 0 Å². The Morgan fingerprint density at radius 3 is 3.00 bits per heavy atom. The van der Waals surface area contributed by atoms with Gasteiger partial charge in [0.2, 0.25) is 0 Å². The molecule has 0 radical (unpaired) electrons. The molecule has 1 heterocycles. The average Bonchev–Trinajstić information content (AvgIpc) is 2.60. The molecule has 0 aliphatic carbocycles. The molecule has 5 heteroatoms. The molecule has 1 atom stereocenters. The lowest BCUT2D eigenvalue weighted by atomic mass is 10.0. The van der Waals surface area contributed by atoms with Gasteiger partial charge in [0.1, 0.15) is 13.2 Å². The zero-order valence-electron chi connectivity index (χ0n) is 9.42. The number of carboxylic acids is 1. The number of rotatable bonds is 3. The highest BCUT2D eigenvalue weighted by Gasteiger charge is 2.35. The summed E-state index contributed by atoms with van der Waals surface area (Å²) in [5, 5.41) is 8.76. The Morgan fingerprint density at radius 2 is 2.35 bits per heavy atom. The molecule has 2 rings (SSSR count). The van der Waals surface area contributed by atoms with Gasteiger partial charge in [-0.05, 0) is 12.5 Å². The summed E-state index contributed by atoms with van der Waals surface area (Å²) >= 11 is 0. The second kappa shape index (κ2) is 4.45. The minimum absolute atomic E-state index is 0.204. The third kappa shape index (κ3) is 2.38. The van der Waals surface area contributed by atoms with Crippen LogP contribution in [0.5, 0.6) is 0 Å². The first-order valence-corrected chi connectivity index (χ1v) is 5.29. The van der Waals surface area contributed by atoms with Gasteiger partial charge in [-0.3, -0.25) is 9.69 Å². The van der Waals surface area contributed by atoms with Crippen LogP contribution in [0.1, 0.15) is 17.2 Å². The Morgan fingerprint density at radius 1 is 1.59 bits per heavy atom. The van der Waals surface area contributed by atoms with Crippen molar-refractivity contribution in [3.8, 4) is 0 Å². The summed E-state index contributed by atoms with van der Waals surface area (Å²) in [5.74, 6) is -1.04. The molecular formula is C12H13NO4. The molecular weight excluding hydrogens is 222 g/mol. The Balaban J connectivity index is 2.25. The van der Waals surface area contributed by atoms with Crippen molar-refractivity contribution in [2.45, 2.75) is 13.0 Å². The second-order valence-corrected chi connectivity index (χ2v) is 4.03. The number of amides is 1. The minimum Gasteiger partial charge on any atom is -0.480 e. The summed E-state index contributed by atoms with van der Waals surface area (Å²) in [6.07, 6.45) is -0.570. The number of carbonyl (C=O) groups excluding carboxylic acids is 1. The van der Waals surface area contributed by atoms with Crippen LogP contribution in [0.25, 0.3) is 0 Å². The fourth-order valence-corrected chi connectivity index (χ4v) is 1.92. The van der Waals surface area contributed by atoms with Crippen LogP contribution in [-0.4, -0.2) is 35.2 Å².